The third kappa shape index (κ3) is 2.09. The Morgan fingerprint density at radius 1 is 1.47 bits per heavy atom. The van der Waals surface area contributed by atoms with Crippen LogP contribution in [0.15, 0.2) is 12.3 Å². The Labute approximate surface area is 90.1 Å². The van der Waals surface area contributed by atoms with Crippen molar-refractivity contribution in [3.05, 3.63) is 18.1 Å². The van der Waals surface area contributed by atoms with Gasteiger partial charge in [0.05, 0.1) is 0 Å². The SMILES string of the molecule is CNc1ccnc(C2(C)CCCCO2)n1. The number of rotatable bonds is 2. The van der Waals surface area contributed by atoms with Crippen molar-refractivity contribution in [3.8, 4) is 0 Å². The molecule has 15 heavy (non-hydrogen) atoms. The van der Waals surface area contributed by atoms with Gasteiger partial charge in [-0.2, -0.15) is 0 Å². The van der Waals surface area contributed by atoms with Crippen molar-refractivity contribution >= 4 is 5.82 Å². The number of nitrogens with one attached hydrogen (secondary N) is 1. The lowest BCUT2D eigenvalue weighted by molar-refractivity contribution is -0.0759. The van der Waals surface area contributed by atoms with Gasteiger partial charge < -0.3 is 10.1 Å². The normalized spacial score (nSPS) is 26.3. The minimum atomic E-state index is -0.300. The van der Waals surface area contributed by atoms with E-state index in [1.807, 2.05) is 13.1 Å². The van der Waals surface area contributed by atoms with E-state index in [9.17, 15) is 0 Å². The molecular weight excluding hydrogens is 190 g/mol. The van der Waals surface area contributed by atoms with Crippen molar-refractivity contribution in [3.63, 3.8) is 0 Å². The molecule has 1 unspecified atom stereocenters. The Hall–Kier alpha value is -1.16. The van der Waals surface area contributed by atoms with Gasteiger partial charge in [-0.15, -0.1) is 0 Å². The number of anilines is 1. The van der Waals surface area contributed by atoms with Crippen molar-refractivity contribution in [2.45, 2.75) is 31.8 Å². The third-order valence-corrected chi connectivity index (χ3v) is 2.85. The average Bonchev–Trinajstić information content (AvgIpc) is 2.30. The molecule has 4 nitrogen and oxygen atoms in total. The maximum atomic E-state index is 5.80. The Morgan fingerprint density at radius 3 is 3.00 bits per heavy atom. The Kier molecular flexibility index (Phi) is 2.86. The molecule has 0 bridgehead atoms. The molecule has 1 saturated heterocycles. The van der Waals surface area contributed by atoms with E-state index in [-0.39, 0.29) is 5.60 Å². The highest BCUT2D eigenvalue weighted by atomic mass is 16.5. The van der Waals surface area contributed by atoms with Gasteiger partial charge in [0, 0.05) is 19.9 Å². The Morgan fingerprint density at radius 2 is 2.33 bits per heavy atom. The molecule has 0 radical (unpaired) electrons. The summed E-state index contributed by atoms with van der Waals surface area (Å²) < 4.78 is 5.80. The zero-order valence-electron chi connectivity index (χ0n) is 9.29. The second-order valence-electron chi connectivity index (χ2n) is 4.05. The van der Waals surface area contributed by atoms with Gasteiger partial charge >= 0.3 is 0 Å². The van der Waals surface area contributed by atoms with Crippen LogP contribution < -0.4 is 5.32 Å². The van der Waals surface area contributed by atoms with Crippen molar-refractivity contribution < 1.29 is 4.74 Å². The molecule has 1 fully saturated rings. The molecule has 0 spiro atoms. The van der Waals surface area contributed by atoms with Crippen LogP contribution in [0, 0.1) is 0 Å². The largest absolute Gasteiger partial charge is 0.373 e. The van der Waals surface area contributed by atoms with Crippen LogP contribution in [0.1, 0.15) is 32.0 Å². The number of aromatic nitrogens is 2. The highest BCUT2D eigenvalue weighted by Crippen LogP contribution is 2.32. The fourth-order valence-corrected chi connectivity index (χ4v) is 1.86. The fraction of sp³-hybridized carbons (Fsp3) is 0.636. The number of ether oxygens (including phenoxy) is 1. The summed E-state index contributed by atoms with van der Waals surface area (Å²) in [5, 5.41) is 3.02. The van der Waals surface area contributed by atoms with Crippen LogP contribution in [-0.4, -0.2) is 23.6 Å². The molecule has 1 atom stereocenters. The average molecular weight is 207 g/mol. The zero-order valence-corrected chi connectivity index (χ0v) is 9.29. The first-order valence-corrected chi connectivity index (χ1v) is 5.40. The second-order valence-corrected chi connectivity index (χ2v) is 4.05. The predicted molar refractivity (Wildman–Crippen MR) is 58.7 cm³/mol. The van der Waals surface area contributed by atoms with Gasteiger partial charge in [0.1, 0.15) is 11.4 Å². The molecule has 4 heteroatoms. The van der Waals surface area contributed by atoms with E-state index in [2.05, 4.69) is 22.2 Å². The first kappa shape index (κ1) is 10.4. The van der Waals surface area contributed by atoms with E-state index in [0.717, 1.165) is 31.1 Å². The summed E-state index contributed by atoms with van der Waals surface area (Å²) in [5.74, 6) is 1.63. The van der Waals surface area contributed by atoms with Gasteiger partial charge in [-0.3, -0.25) is 0 Å². The van der Waals surface area contributed by atoms with E-state index < -0.39 is 0 Å². The van der Waals surface area contributed by atoms with Gasteiger partial charge in [0.2, 0.25) is 0 Å². The van der Waals surface area contributed by atoms with E-state index in [4.69, 9.17) is 4.74 Å². The summed E-state index contributed by atoms with van der Waals surface area (Å²) in [7, 11) is 1.86. The monoisotopic (exact) mass is 207 g/mol. The summed E-state index contributed by atoms with van der Waals surface area (Å²) in [6.45, 7) is 2.88. The molecule has 1 aromatic rings. The van der Waals surface area contributed by atoms with E-state index in [0.29, 0.717) is 0 Å². The number of hydrogen-bond acceptors (Lipinski definition) is 4. The van der Waals surface area contributed by atoms with Crippen LogP contribution in [0.25, 0.3) is 0 Å². The molecule has 2 rings (SSSR count). The minimum Gasteiger partial charge on any atom is -0.373 e. The van der Waals surface area contributed by atoms with Crippen LogP contribution in [0.4, 0.5) is 5.82 Å². The maximum absolute atomic E-state index is 5.80. The molecule has 2 heterocycles. The van der Waals surface area contributed by atoms with Gasteiger partial charge in [0.25, 0.3) is 0 Å². The van der Waals surface area contributed by atoms with Gasteiger partial charge in [-0.1, -0.05) is 0 Å². The van der Waals surface area contributed by atoms with Crippen LogP contribution in [0.3, 0.4) is 0 Å². The van der Waals surface area contributed by atoms with Crippen molar-refractivity contribution in [1.82, 2.24) is 9.97 Å². The van der Waals surface area contributed by atoms with Gasteiger partial charge in [0.15, 0.2) is 5.82 Å². The summed E-state index contributed by atoms with van der Waals surface area (Å²) in [6, 6.07) is 1.86. The zero-order chi connectivity index (χ0) is 10.7. The number of hydrogen-bond donors (Lipinski definition) is 1. The lowest BCUT2D eigenvalue weighted by atomic mass is 9.95. The van der Waals surface area contributed by atoms with Crippen molar-refractivity contribution in [1.29, 1.82) is 0 Å². The van der Waals surface area contributed by atoms with E-state index in [1.54, 1.807) is 6.20 Å². The molecule has 0 amide bonds. The van der Waals surface area contributed by atoms with E-state index >= 15 is 0 Å². The van der Waals surface area contributed by atoms with Crippen LogP contribution >= 0.6 is 0 Å². The van der Waals surface area contributed by atoms with Gasteiger partial charge in [-0.25, -0.2) is 9.97 Å². The van der Waals surface area contributed by atoms with Gasteiger partial charge in [-0.05, 0) is 32.3 Å². The summed E-state index contributed by atoms with van der Waals surface area (Å²) >= 11 is 0. The fourth-order valence-electron chi connectivity index (χ4n) is 1.86. The Bertz CT molecular complexity index is 334. The lowest BCUT2D eigenvalue weighted by Crippen LogP contribution is -2.32. The molecule has 0 saturated carbocycles. The second kappa shape index (κ2) is 4.14. The highest BCUT2D eigenvalue weighted by Gasteiger charge is 2.32. The first-order valence-electron chi connectivity index (χ1n) is 5.40. The van der Waals surface area contributed by atoms with Crippen LogP contribution in [-0.2, 0) is 10.3 Å². The maximum Gasteiger partial charge on any atom is 0.162 e. The molecule has 82 valence electrons. The Balaban J connectivity index is 2.26. The van der Waals surface area contributed by atoms with E-state index in [1.165, 1.54) is 6.42 Å². The first-order chi connectivity index (χ1) is 7.24. The molecule has 0 aromatic carbocycles. The molecule has 1 N–H and O–H groups in total. The summed E-state index contributed by atoms with van der Waals surface area (Å²) in [6.07, 6.45) is 5.10. The van der Waals surface area contributed by atoms with Crippen LogP contribution in [0.5, 0.6) is 0 Å². The summed E-state index contributed by atoms with van der Waals surface area (Å²) in [4.78, 5) is 8.75. The standard InChI is InChI=1S/C11H17N3O/c1-11(6-3-4-8-15-11)10-13-7-5-9(12-2)14-10/h5,7H,3-4,6,8H2,1-2H3,(H,12,13,14). The highest BCUT2D eigenvalue weighted by molar-refractivity contribution is 5.32. The molecule has 1 aromatic heterocycles. The minimum absolute atomic E-state index is 0.300. The molecule has 1 aliphatic heterocycles. The van der Waals surface area contributed by atoms with Crippen molar-refractivity contribution in [2.24, 2.45) is 0 Å². The van der Waals surface area contributed by atoms with Crippen LogP contribution in [0.2, 0.25) is 0 Å². The molecular formula is C11H17N3O. The molecule has 1 aliphatic rings. The third-order valence-electron chi connectivity index (χ3n) is 2.85. The quantitative estimate of drug-likeness (QED) is 0.805. The summed E-state index contributed by atoms with van der Waals surface area (Å²) in [5.41, 5.74) is -0.300. The smallest absolute Gasteiger partial charge is 0.162 e. The topological polar surface area (TPSA) is 47.0 Å². The lowest BCUT2D eigenvalue weighted by Gasteiger charge is -2.32. The number of nitrogens with zero attached hydrogens (tertiary/aromatic N) is 2. The molecule has 0 aliphatic carbocycles. The van der Waals surface area contributed by atoms with Crippen molar-refractivity contribution in [2.75, 3.05) is 19.0 Å². The predicted octanol–water partition coefficient (Wildman–Crippen LogP) is 1.93.